The minimum Gasteiger partial charge on any atom is -0.353 e. The maximum absolute atomic E-state index is 4.46. The Bertz CT molecular complexity index is 531. The van der Waals surface area contributed by atoms with E-state index >= 15 is 0 Å². The summed E-state index contributed by atoms with van der Waals surface area (Å²) in [5.74, 6) is 1.52. The van der Waals surface area contributed by atoms with Crippen LogP contribution < -0.4 is 5.32 Å². The number of hydrogen-bond donors (Lipinski definition) is 1. The number of pyridine rings is 1. The van der Waals surface area contributed by atoms with Crippen LogP contribution in [0.4, 0.5) is 5.95 Å². The summed E-state index contributed by atoms with van der Waals surface area (Å²) in [6, 6.07) is 3.94. The smallest absolute Gasteiger partial charge is 0.243 e. The van der Waals surface area contributed by atoms with Crippen LogP contribution in [0.5, 0.6) is 0 Å². The van der Waals surface area contributed by atoms with Crippen molar-refractivity contribution in [2.45, 2.75) is 32.1 Å². The van der Waals surface area contributed by atoms with Gasteiger partial charge in [0, 0.05) is 17.2 Å². The molecule has 1 fully saturated rings. The third-order valence-electron chi connectivity index (χ3n) is 3.57. The number of halogens is 1. The van der Waals surface area contributed by atoms with Crippen molar-refractivity contribution in [2.75, 3.05) is 11.9 Å². The number of anilines is 1. The van der Waals surface area contributed by atoms with Gasteiger partial charge in [0.15, 0.2) is 5.65 Å². The fraction of sp³-hybridized carbons (Fsp3) is 0.538. The molecule has 2 aromatic heterocycles. The SMILES string of the molecule is Brc1ccc2nc(NCC3CCCCC3)nn2c1. The van der Waals surface area contributed by atoms with Crippen molar-refractivity contribution >= 4 is 27.5 Å². The molecule has 3 rings (SSSR count). The third kappa shape index (κ3) is 2.66. The lowest BCUT2D eigenvalue weighted by atomic mass is 9.89. The van der Waals surface area contributed by atoms with Gasteiger partial charge in [-0.2, -0.15) is 4.98 Å². The molecule has 1 saturated carbocycles. The first-order valence-corrected chi connectivity index (χ1v) is 7.36. The standard InChI is InChI=1S/C13H17BrN4/c14-11-6-7-12-16-13(17-18(12)9-11)15-8-10-4-2-1-3-5-10/h6-7,9-10H,1-5,8H2,(H,15,17). The highest BCUT2D eigenvalue weighted by atomic mass is 79.9. The van der Waals surface area contributed by atoms with Crippen molar-refractivity contribution < 1.29 is 0 Å². The van der Waals surface area contributed by atoms with E-state index in [1.807, 2.05) is 18.3 Å². The van der Waals surface area contributed by atoms with Crippen LogP contribution in [0.2, 0.25) is 0 Å². The average molecular weight is 309 g/mol. The molecule has 18 heavy (non-hydrogen) atoms. The number of nitrogens with zero attached hydrogens (tertiary/aromatic N) is 3. The Morgan fingerprint density at radius 3 is 2.94 bits per heavy atom. The fourth-order valence-electron chi connectivity index (χ4n) is 2.56. The zero-order valence-electron chi connectivity index (χ0n) is 10.3. The molecular weight excluding hydrogens is 292 g/mol. The molecule has 0 unspecified atom stereocenters. The number of hydrogen-bond acceptors (Lipinski definition) is 3. The van der Waals surface area contributed by atoms with Gasteiger partial charge in [-0.1, -0.05) is 19.3 Å². The van der Waals surface area contributed by atoms with Crippen LogP contribution in [-0.4, -0.2) is 21.1 Å². The minimum atomic E-state index is 0.735. The second kappa shape index (κ2) is 5.26. The Kier molecular flexibility index (Phi) is 3.50. The normalized spacial score (nSPS) is 17.2. The molecule has 4 nitrogen and oxygen atoms in total. The zero-order valence-corrected chi connectivity index (χ0v) is 11.9. The van der Waals surface area contributed by atoms with Crippen molar-refractivity contribution in [2.24, 2.45) is 5.92 Å². The second-order valence-corrected chi connectivity index (χ2v) is 5.89. The zero-order chi connectivity index (χ0) is 12.4. The molecule has 0 amide bonds. The van der Waals surface area contributed by atoms with E-state index in [0.29, 0.717) is 0 Å². The van der Waals surface area contributed by atoms with Crippen LogP contribution in [-0.2, 0) is 0 Å². The van der Waals surface area contributed by atoms with Crippen molar-refractivity contribution in [3.63, 3.8) is 0 Å². The summed E-state index contributed by atoms with van der Waals surface area (Å²) in [5.41, 5.74) is 0.879. The molecule has 0 aliphatic heterocycles. The van der Waals surface area contributed by atoms with E-state index in [9.17, 15) is 0 Å². The highest BCUT2D eigenvalue weighted by molar-refractivity contribution is 9.10. The van der Waals surface area contributed by atoms with Crippen LogP contribution in [0.25, 0.3) is 5.65 Å². The van der Waals surface area contributed by atoms with Crippen LogP contribution in [0, 0.1) is 5.92 Å². The molecule has 2 heterocycles. The molecular formula is C13H17BrN4. The van der Waals surface area contributed by atoms with Gasteiger partial charge in [0.1, 0.15) is 0 Å². The molecule has 1 aliphatic rings. The summed E-state index contributed by atoms with van der Waals surface area (Å²) in [5, 5.41) is 7.79. The van der Waals surface area contributed by atoms with Gasteiger partial charge in [-0.15, -0.1) is 5.10 Å². The van der Waals surface area contributed by atoms with Crippen molar-refractivity contribution in [3.8, 4) is 0 Å². The molecule has 0 radical (unpaired) electrons. The van der Waals surface area contributed by atoms with E-state index in [0.717, 1.165) is 28.5 Å². The van der Waals surface area contributed by atoms with Crippen LogP contribution in [0.15, 0.2) is 22.8 Å². The molecule has 96 valence electrons. The van der Waals surface area contributed by atoms with Gasteiger partial charge in [0.2, 0.25) is 5.95 Å². The molecule has 0 spiro atoms. The lowest BCUT2D eigenvalue weighted by Gasteiger charge is -2.21. The van der Waals surface area contributed by atoms with Gasteiger partial charge >= 0.3 is 0 Å². The van der Waals surface area contributed by atoms with Gasteiger partial charge < -0.3 is 5.32 Å². The van der Waals surface area contributed by atoms with Gasteiger partial charge in [0.05, 0.1) is 0 Å². The molecule has 5 heteroatoms. The first-order valence-electron chi connectivity index (χ1n) is 6.57. The number of fused-ring (bicyclic) bond motifs is 1. The largest absolute Gasteiger partial charge is 0.353 e. The second-order valence-electron chi connectivity index (χ2n) is 4.97. The highest BCUT2D eigenvalue weighted by Crippen LogP contribution is 2.23. The topological polar surface area (TPSA) is 42.2 Å². The fourth-order valence-corrected chi connectivity index (χ4v) is 2.89. The summed E-state index contributed by atoms with van der Waals surface area (Å²) >= 11 is 3.43. The predicted octanol–water partition coefficient (Wildman–Crippen LogP) is 3.48. The summed E-state index contributed by atoms with van der Waals surface area (Å²) in [6.45, 7) is 0.998. The molecule has 1 aliphatic carbocycles. The van der Waals surface area contributed by atoms with E-state index in [4.69, 9.17) is 0 Å². The molecule has 0 bridgehead atoms. The highest BCUT2D eigenvalue weighted by Gasteiger charge is 2.13. The molecule has 0 aromatic carbocycles. The van der Waals surface area contributed by atoms with E-state index in [1.165, 1.54) is 32.1 Å². The van der Waals surface area contributed by atoms with Crippen molar-refractivity contribution in [3.05, 3.63) is 22.8 Å². The van der Waals surface area contributed by atoms with Crippen LogP contribution >= 0.6 is 15.9 Å². The first kappa shape index (κ1) is 12.0. The summed E-state index contributed by atoms with van der Waals surface area (Å²) in [6.07, 6.45) is 8.75. The summed E-state index contributed by atoms with van der Waals surface area (Å²) in [7, 11) is 0. The summed E-state index contributed by atoms with van der Waals surface area (Å²) < 4.78 is 2.81. The summed E-state index contributed by atoms with van der Waals surface area (Å²) in [4.78, 5) is 4.46. The molecule has 2 aromatic rings. The lowest BCUT2D eigenvalue weighted by molar-refractivity contribution is 0.373. The Labute approximate surface area is 115 Å². The Balaban J connectivity index is 1.67. The first-order chi connectivity index (χ1) is 8.81. The van der Waals surface area contributed by atoms with Crippen molar-refractivity contribution in [1.29, 1.82) is 0 Å². The Morgan fingerprint density at radius 2 is 2.11 bits per heavy atom. The van der Waals surface area contributed by atoms with Crippen molar-refractivity contribution in [1.82, 2.24) is 14.6 Å². The van der Waals surface area contributed by atoms with Gasteiger partial charge in [-0.3, -0.25) is 0 Å². The molecule has 0 atom stereocenters. The maximum atomic E-state index is 4.46. The van der Waals surface area contributed by atoms with Gasteiger partial charge in [0.25, 0.3) is 0 Å². The van der Waals surface area contributed by atoms with E-state index in [2.05, 4.69) is 31.3 Å². The minimum absolute atomic E-state index is 0.735. The maximum Gasteiger partial charge on any atom is 0.243 e. The monoisotopic (exact) mass is 308 g/mol. The van der Waals surface area contributed by atoms with E-state index < -0.39 is 0 Å². The number of nitrogens with one attached hydrogen (secondary N) is 1. The van der Waals surface area contributed by atoms with Gasteiger partial charge in [-0.05, 0) is 46.8 Å². The Hall–Kier alpha value is -1.10. The lowest BCUT2D eigenvalue weighted by Crippen LogP contribution is -2.17. The quantitative estimate of drug-likeness (QED) is 0.944. The average Bonchev–Trinajstić information content (AvgIpc) is 2.79. The molecule has 0 saturated heterocycles. The van der Waals surface area contributed by atoms with Gasteiger partial charge in [-0.25, -0.2) is 4.52 Å². The van der Waals surface area contributed by atoms with E-state index in [-0.39, 0.29) is 0 Å². The Morgan fingerprint density at radius 1 is 1.28 bits per heavy atom. The predicted molar refractivity (Wildman–Crippen MR) is 75.8 cm³/mol. The van der Waals surface area contributed by atoms with Crippen LogP contribution in [0.3, 0.4) is 0 Å². The molecule has 1 N–H and O–H groups in total. The number of aromatic nitrogens is 3. The number of rotatable bonds is 3. The van der Waals surface area contributed by atoms with E-state index in [1.54, 1.807) is 4.52 Å². The van der Waals surface area contributed by atoms with Crippen LogP contribution in [0.1, 0.15) is 32.1 Å². The third-order valence-corrected chi connectivity index (χ3v) is 4.04.